The molecule has 5 heterocycles. The fourth-order valence-electron chi connectivity index (χ4n) is 4.56. The molecule has 37 heavy (non-hydrogen) atoms. The average molecular weight is 535 g/mol. The molecule has 192 valence electrons. The lowest BCUT2D eigenvalue weighted by molar-refractivity contribution is 0.0358. The van der Waals surface area contributed by atoms with E-state index < -0.39 is 0 Å². The van der Waals surface area contributed by atoms with Crippen LogP contribution in [0.15, 0.2) is 54.0 Å². The fourth-order valence-corrected chi connectivity index (χ4v) is 6.36. The third kappa shape index (κ3) is 6.06. The van der Waals surface area contributed by atoms with Gasteiger partial charge in [-0.05, 0) is 53.8 Å². The molecule has 0 spiro atoms. The van der Waals surface area contributed by atoms with Crippen LogP contribution < -0.4 is 9.47 Å². The number of nitrogens with zero attached hydrogens (tertiary/aromatic N) is 4. The van der Waals surface area contributed by atoms with Crippen molar-refractivity contribution in [1.82, 2.24) is 19.9 Å². The van der Waals surface area contributed by atoms with Gasteiger partial charge in [-0.15, -0.1) is 11.3 Å². The molecule has 1 atom stereocenters. The van der Waals surface area contributed by atoms with Crippen molar-refractivity contribution in [3.63, 3.8) is 0 Å². The summed E-state index contributed by atoms with van der Waals surface area (Å²) >= 11 is 3.56. The van der Waals surface area contributed by atoms with Crippen molar-refractivity contribution in [3.05, 3.63) is 54.0 Å². The van der Waals surface area contributed by atoms with Crippen LogP contribution >= 0.6 is 23.1 Å². The lowest BCUT2D eigenvalue weighted by Crippen LogP contribution is -2.37. The smallest absolute Gasteiger partial charge is 0.243 e. The molecule has 2 aliphatic heterocycles. The summed E-state index contributed by atoms with van der Waals surface area (Å²) in [6.45, 7) is 5.46. The first-order valence-corrected chi connectivity index (χ1v) is 14.8. The standard InChI is InChI=1S/C28H30N4O3S2/c1-3-25(37-15-1)26-28(35-23-8-16-36-19-23)31-27-24(30-26)17-21(18-29-27)20-4-6-22(7-5-20)34-12-2-9-32-10-13-33-14-11-32/h1,3-7,15,17-18,23H,2,8-14,16,19H2. The predicted molar refractivity (Wildman–Crippen MR) is 150 cm³/mol. The van der Waals surface area contributed by atoms with Crippen molar-refractivity contribution < 1.29 is 14.2 Å². The number of thiophene rings is 1. The zero-order valence-electron chi connectivity index (χ0n) is 20.7. The Morgan fingerprint density at radius 1 is 1.05 bits per heavy atom. The Bertz CT molecular complexity index is 1310. The van der Waals surface area contributed by atoms with E-state index in [9.17, 15) is 0 Å². The van der Waals surface area contributed by atoms with Crippen LogP contribution in [0.25, 0.3) is 32.9 Å². The number of hydrogen-bond donors (Lipinski definition) is 0. The third-order valence-corrected chi connectivity index (χ3v) is 8.60. The zero-order valence-corrected chi connectivity index (χ0v) is 22.3. The van der Waals surface area contributed by atoms with Gasteiger partial charge >= 0.3 is 0 Å². The van der Waals surface area contributed by atoms with Gasteiger partial charge in [-0.1, -0.05) is 18.2 Å². The largest absolute Gasteiger partial charge is 0.494 e. The first-order valence-electron chi connectivity index (χ1n) is 12.8. The molecule has 1 aromatic carbocycles. The van der Waals surface area contributed by atoms with Gasteiger partial charge in [0.1, 0.15) is 23.1 Å². The second-order valence-corrected chi connectivity index (χ2v) is 11.3. The van der Waals surface area contributed by atoms with Gasteiger partial charge in [-0.3, -0.25) is 4.90 Å². The second-order valence-electron chi connectivity index (χ2n) is 9.21. The Kier molecular flexibility index (Phi) is 7.83. The predicted octanol–water partition coefficient (Wildman–Crippen LogP) is 5.41. The quantitative estimate of drug-likeness (QED) is 0.264. The topological polar surface area (TPSA) is 69.6 Å². The molecular formula is C28H30N4O3S2. The van der Waals surface area contributed by atoms with Gasteiger partial charge in [0.15, 0.2) is 5.65 Å². The van der Waals surface area contributed by atoms with Crippen LogP contribution in [-0.4, -0.2) is 76.9 Å². The van der Waals surface area contributed by atoms with E-state index in [1.165, 1.54) is 0 Å². The van der Waals surface area contributed by atoms with Gasteiger partial charge < -0.3 is 14.2 Å². The Labute approximate surface area is 225 Å². The van der Waals surface area contributed by atoms with Crippen LogP contribution in [0.3, 0.4) is 0 Å². The number of aromatic nitrogens is 3. The molecule has 9 heteroatoms. The maximum atomic E-state index is 6.29. The summed E-state index contributed by atoms with van der Waals surface area (Å²) in [6, 6.07) is 14.3. The van der Waals surface area contributed by atoms with Gasteiger partial charge in [0.2, 0.25) is 5.88 Å². The highest BCUT2D eigenvalue weighted by atomic mass is 32.2. The molecule has 0 radical (unpaired) electrons. The summed E-state index contributed by atoms with van der Waals surface area (Å²) in [6.07, 6.45) is 4.07. The molecule has 0 bridgehead atoms. The van der Waals surface area contributed by atoms with E-state index in [1.807, 2.05) is 36.2 Å². The number of fused-ring (bicyclic) bond motifs is 1. The molecule has 6 rings (SSSR count). The van der Waals surface area contributed by atoms with E-state index in [-0.39, 0.29) is 6.10 Å². The molecule has 2 saturated heterocycles. The number of rotatable bonds is 9. The van der Waals surface area contributed by atoms with E-state index in [0.717, 1.165) is 90.2 Å². The summed E-state index contributed by atoms with van der Waals surface area (Å²) in [5.74, 6) is 3.58. The van der Waals surface area contributed by atoms with Crippen LogP contribution in [0.5, 0.6) is 11.6 Å². The second kappa shape index (κ2) is 11.8. The van der Waals surface area contributed by atoms with Crippen LogP contribution in [-0.2, 0) is 4.74 Å². The van der Waals surface area contributed by atoms with Gasteiger partial charge in [-0.25, -0.2) is 9.97 Å². The minimum absolute atomic E-state index is 0.176. The first-order chi connectivity index (χ1) is 18.3. The van der Waals surface area contributed by atoms with Crippen molar-refractivity contribution in [1.29, 1.82) is 0 Å². The molecular weight excluding hydrogens is 504 g/mol. The van der Waals surface area contributed by atoms with Crippen LogP contribution in [0.1, 0.15) is 12.8 Å². The number of ether oxygens (including phenoxy) is 3. The summed E-state index contributed by atoms with van der Waals surface area (Å²) in [4.78, 5) is 17.9. The molecule has 4 aromatic rings. The lowest BCUT2D eigenvalue weighted by Gasteiger charge is -2.26. The number of morpholine rings is 1. The highest BCUT2D eigenvalue weighted by Gasteiger charge is 2.22. The number of thioether (sulfide) groups is 1. The lowest BCUT2D eigenvalue weighted by atomic mass is 10.1. The minimum atomic E-state index is 0.176. The van der Waals surface area contributed by atoms with Crippen LogP contribution in [0.4, 0.5) is 0 Å². The molecule has 0 N–H and O–H groups in total. The first kappa shape index (κ1) is 24.6. The van der Waals surface area contributed by atoms with Crippen molar-refractivity contribution in [2.75, 3.05) is 51.0 Å². The van der Waals surface area contributed by atoms with E-state index >= 15 is 0 Å². The molecule has 0 saturated carbocycles. The van der Waals surface area contributed by atoms with Crippen LogP contribution in [0.2, 0.25) is 0 Å². The van der Waals surface area contributed by atoms with Crippen molar-refractivity contribution in [3.8, 4) is 33.3 Å². The SMILES string of the molecule is c1csc(-c2nc3cc(-c4ccc(OCCCN5CCOCC5)cc4)cnc3nc2OC2CCSC2)c1. The Morgan fingerprint density at radius 3 is 2.73 bits per heavy atom. The highest BCUT2D eigenvalue weighted by Crippen LogP contribution is 2.34. The summed E-state index contributed by atoms with van der Waals surface area (Å²) in [5, 5.41) is 2.05. The Hall–Kier alpha value is -2.72. The van der Waals surface area contributed by atoms with Gasteiger partial charge in [0, 0.05) is 37.1 Å². The molecule has 0 amide bonds. The van der Waals surface area contributed by atoms with Gasteiger partial charge in [0.05, 0.1) is 24.7 Å². The normalized spacial score (nSPS) is 18.3. The van der Waals surface area contributed by atoms with E-state index in [0.29, 0.717) is 18.1 Å². The monoisotopic (exact) mass is 534 g/mol. The fraction of sp³-hybridized carbons (Fsp3) is 0.393. The summed E-state index contributed by atoms with van der Waals surface area (Å²) in [5.41, 5.74) is 4.22. The molecule has 3 aromatic heterocycles. The summed E-state index contributed by atoms with van der Waals surface area (Å²) < 4.78 is 17.7. The molecule has 0 aliphatic carbocycles. The highest BCUT2D eigenvalue weighted by molar-refractivity contribution is 7.99. The number of benzene rings is 1. The van der Waals surface area contributed by atoms with Crippen LogP contribution in [0, 0.1) is 0 Å². The third-order valence-electron chi connectivity index (χ3n) is 6.59. The minimum Gasteiger partial charge on any atom is -0.494 e. The summed E-state index contributed by atoms with van der Waals surface area (Å²) in [7, 11) is 0. The number of pyridine rings is 1. The Balaban J connectivity index is 1.16. The van der Waals surface area contributed by atoms with E-state index in [4.69, 9.17) is 24.2 Å². The molecule has 1 unspecified atom stereocenters. The molecule has 7 nitrogen and oxygen atoms in total. The average Bonchev–Trinajstić information content (AvgIpc) is 3.67. The van der Waals surface area contributed by atoms with Crippen molar-refractivity contribution in [2.45, 2.75) is 18.9 Å². The number of hydrogen-bond acceptors (Lipinski definition) is 9. The maximum absolute atomic E-state index is 6.29. The Morgan fingerprint density at radius 2 is 1.95 bits per heavy atom. The van der Waals surface area contributed by atoms with Gasteiger partial charge in [-0.2, -0.15) is 16.7 Å². The van der Waals surface area contributed by atoms with Crippen molar-refractivity contribution >= 4 is 34.3 Å². The van der Waals surface area contributed by atoms with Crippen molar-refractivity contribution in [2.24, 2.45) is 0 Å². The molecule has 2 fully saturated rings. The maximum Gasteiger partial charge on any atom is 0.243 e. The zero-order chi connectivity index (χ0) is 24.9. The van der Waals surface area contributed by atoms with E-state index in [2.05, 4.69) is 39.5 Å². The van der Waals surface area contributed by atoms with E-state index in [1.54, 1.807) is 11.3 Å². The van der Waals surface area contributed by atoms with Gasteiger partial charge in [0.25, 0.3) is 0 Å². The molecule has 2 aliphatic rings.